The van der Waals surface area contributed by atoms with E-state index in [9.17, 15) is 13.5 Å². The summed E-state index contributed by atoms with van der Waals surface area (Å²) < 4.78 is 25.8. The third-order valence-electron chi connectivity index (χ3n) is 3.31. The van der Waals surface area contributed by atoms with Gasteiger partial charge < -0.3 is 10.8 Å². The highest BCUT2D eigenvalue weighted by molar-refractivity contribution is 7.89. The van der Waals surface area contributed by atoms with Crippen LogP contribution in [0.4, 0.5) is 5.69 Å². The minimum absolute atomic E-state index is 0.0377. The van der Waals surface area contributed by atoms with Crippen molar-refractivity contribution in [2.24, 2.45) is 0 Å². The molecule has 0 amide bonds. The van der Waals surface area contributed by atoms with Gasteiger partial charge in [-0.1, -0.05) is 30.1 Å². The molecule has 1 aromatic carbocycles. The van der Waals surface area contributed by atoms with Crippen LogP contribution in [0, 0.1) is 0 Å². The first-order valence-corrected chi connectivity index (χ1v) is 7.87. The lowest BCUT2D eigenvalue weighted by Gasteiger charge is -2.44. The van der Waals surface area contributed by atoms with Gasteiger partial charge in [-0.15, -0.1) is 0 Å². The molecule has 3 N–H and O–H groups in total. The summed E-state index contributed by atoms with van der Waals surface area (Å²) in [6, 6.07) is 2.71. The highest BCUT2D eigenvalue weighted by Crippen LogP contribution is 2.37. The molecule has 0 unspecified atom stereocenters. The number of halogens is 2. The number of rotatable bonds is 3. The number of benzene rings is 1. The topological polar surface area (TPSA) is 83.6 Å². The van der Waals surface area contributed by atoms with Gasteiger partial charge in [-0.3, -0.25) is 0 Å². The summed E-state index contributed by atoms with van der Waals surface area (Å²) in [5.41, 5.74) is 4.71. The molecule has 0 aromatic heterocycles. The normalized spacial score (nSPS) is 19.2. The molecule has 8 heteroatoms. The fourth-order valence-corrected chi connectivity index (χ4v) is 4.23. The molecule has 106 valence electrons. The lowest BCUT2D eigenvalue weighted by atomic mass is 9.94. The Bertz CT molecular complexity index is 613. The van der Waals surface area contributed by atoms with E-state index < -0.39 is 15.6 Å². The highest BCUT2D eigenvalue weighted by atomic mass is 35.5. The highest BCUT2D eigenvalue weighted by Gasteiger charge is 2.46. The Kier molecular flexibility index (Phi) is 3.75. The van der Waals surface area contributed by atoms with E-state index in [-0.39, 0.29) is 33.7 Å². The van der Waals surface area contributed by atoms with E-state index in [0.29, 0.717) is 6.42 Å². The van der Waals surface area contributed by atoms with Gasteiger partial charge >= 0.3 is 0 Å². The summed E-state index contributed by atoms with van der Waals surface area (Å²) in [6.07, 6.45) is 0.496. The van der Waals surface area contributed by atoms with Crippen molar-refractivity contribution in [2.45, 2.75) is 23.8 Å². The Morgan fingerprint density at radius 1 is 1.42 bits per heavy atom. The summed E-state index contributed by atoms with van der Waals surface area (Å²) >= 11 is 11.7. The van der Waals surface area contributed by atoms with Gasteiger partial charge in [-0.05, 0) is 18.6 Å². The molecule has 5 nitrogen and oxygen atoms in total. The Hall–Kier alpha value is -0.530. The zero-order valence-corrected chi connectivity index (χ0v) is 12.6. The molecule has 1 aliphatic heterocycles. The molecule has 1 saturated heterocycles. The summed E-state index contributed by atoms with van der Waals surface area (Å²) in [6.45, 7) is 1.92. The van der Waals surface area contributed by atoms with Crippen molar-refractivity contribution in [3.05, 3.63) is 22.2 Å². The van der Waals surface area contributed by atoms with Gasteiger partial charge in [-0.25, -0.2) is 8.42 Å². The first-order valence-electron chi connectivity index (χ1n) is 5.67. The van der Waals surface area contributed by atoms with Crippen LogP contribution in [0.25, 0.3) is 0 Å². The second-order valence-electron chi connectivity index (χ2n) is 4.62. The maximum Gasteiger partial charge on any atom is 0.244 e. The summed E-state index contributed by atoms with van der Waals surface area (Å²) in [5.74, 6) is 0. The number of anilines is 1. The first-order chi connectivity index (χ1) is 8.71. The Labute approximate surface area is 122 Å². The van der Waals surface area contributed by atoms with E-state index in [1.165, 1.54) is 16.4 Å². The molecule has 1 aliphatic rings. The number of nitrogens with two attached hydrogens (primary N) is 1. The van der Waals surface area contributed by atoms with Gasteiger partial charge in [0.25, 0.3) is 0 Å². The van der Waals surface area contributed by atoms with Crippen molar-refractivity contribution in [3.8, 4) is 0 Å². The van der Waals surface area contributed by atoms with Crippen molar-refractivity contribution in [3.63, 3.8) is 0 Å². The monoisotopic (exact) mass is 324 g/mol. The van der Waals surface area contributed by atoms with Crippen molar-refractivity contribution >= 4 is 38.9 Å². The molecule has 1 aromatic rings. The molecular formula is C11H14Cl2N2O3S. The fraction of sp³-hybridized carbons (Fsp3) is 0.455. The van der Waals surface area contributed by atoms with E-state index in [2.05, 4.69) is 0 Å². The molecule has 1 heterocycles. The van der Waals surface area contributed by atoms with Crippen LogP contribution in [0.5, 0.6) is 0 Å². The Balaban J connectivity index is 2.35. The lowest BCUT2D eigenvalue weighted by Crippen LogP contribution is -2.62. The van der Waals surface area contributed by atoms with Gasteiger partial charge in [0.2, 0.25) is 10.0 Å². The number of β-amino-alcohol motifs (C(OH)–C–C–N with tert-alkyl or cyclic N) is 1. The van der Waals surface area contributed by atoms with E-state index in [0.717, 1.165) is 0 Å². The minimum Gasteiger partial charge on any atom is -0.396 e. The molecule has 2 rings (SSSR count). The molecule has 0 spiro atoms. The summed E-state index contributed by atoms with van der Waals surface area (Å²) in [5, 5.41) is 10.0. The van der Waals surface area contributed by atoms with Gasteiger partial charge in [0.1, 0.15) is 4.90 Å². The van der Waals surface area contributed by atoms with Crippen LogP contribution in [0.15, 0.2) is 17.0 Å². The van der Waals surface area contributed by atoms with E-state index >= 15 is 0 Å². The van der Waals surface area contributed by atoms with Crippen molar-refractivity contribution in [2.75, 3.05) is 18.8 Å². The van der Waals surface area contributed by atoms with Crippen molar-refractivity contribution < 1.29 is 13.5 Å². The summed E-state index contributed by atoms with van der Waals surface area (Å²) in [4.78, 5) is -0.0887. The number of aliphatic hydroxyl groups is 1. The molecule has 0 atom stereocenters. The molecule has 0 bridgehead atoms. The zero-order valence-electron chi connectivity index (χ0n) is 10.2. The van der Waals surface area contributed by atoms with Crippen LogP contribution in [0.2, 0.25) is 10.0 Å². The maximum atomic E-state index is 12.3. The molecule has 1 fully saturated rings. The van der Waals surface area contributed by atoms with Crippen LogP contribution >= 0.6 is 23.2 Å². The predicted molar refractivity (Wildman–Crippen MR) is 74.9 cm³/mol. The smallest absolute Gasteiger partial charge is 0.244 e. The number of hydrogen-bond donors (Lipinski definition) is 2. The Morgan fingerprint density at radius 3 is 2.53 bits per heavy atom. The minimum atomic E-state index is -3.75. The standard InChI is InChI=1S/C11H14Cl2N2O3S/c1-2-11(16)5-15(6-11)19(17,18)8-4-3-7(12)10(14)9(8)13/h3-4,16H,2,5-6,14H2,1H3. The molecule has 19 heavy (non-hydrogen) atoms. The van der Waals surface area contributed by atoms with Gasteiger partial charge in [-0.2, -0.15) is 4.31 Å². The van der Waals surface area contributed by atoms with Gasteiger partial charge in [0, 0.05) is 13.1 Å². The third kappa shape index (κ3) is 2.43. The quantitative estimate of drug-likeness (QED) is 0.829. The van der Waals surface area contributed by atoms with Crippen LogP contribution in [0.3, 0.4) is 0 Å². The lowest BCUT2D eigenvalue weighted by molar-refractivity contribution is -0.0613. The average Bonchev–Trinajstić information content (AvgIpc) is 2.31. The first kappa shape index (κ1) is 14.9. The van der Waals surface area contributed by atoms with Gasteiger partial charge in [0.05, 0.1) is 21.3 Å². The van der Waals surface area contributed by atoms with E-state index in [4.69, 9.17) is 28.9 Å². The van der Waals surface area contributed by atoms with E-state index in [1.807, 2.05) is 0 Å². The van der Waals surface area contributed by atoms with Crippen LogP contribution in [-0.4, -0.2) is 36.5 Å². The SMILES string of the molecule is CCC1(O)CN(S(=O)(=O)c2ccc(Cl)c(N)c2Cl)C1. The maximum absolute atomic E-state index is 12.3. The van der Waals surface area contributed by atoms with Crippen LogP contribution in [-0.2, 0) is 10.0 Å². The van der Waals surface area contributed by atoms with Crippen molar-refractivity contribution in [1.29, 1.82) is 0 Å². The summed E-state index contributed by atoms with van der Waals surface area (Å²) in [7, 11) is -3.75. The average molecular weight is 325 g/mol. The van der Waals surface area contributed by atoms with E-state index in [1.54, 1.807) is 6.92 Å². The fourth-order valence-electron chi connectivity index (χ4n) is 1.89. The second-order valence-corrected chi connectivity index (χ2v) is 7.32. The zero-order chi connectivity index (χ0) is 14.4. The molecular weight excluding hydrogens is 311 g/mol. The van der Waals surface area contributed by atoms with Crippen LogP contribution in [0.1, 0.15) is 13.3 Å². The third-order valence-corrected chi connectivity index (χ3v) is 5.99. The number of nitrogens with zero attached hydrogens (tertiary/aromatic N) is 1. The number of sulfonamides is 1. The largest absolute Gasteiger partial charge is 0.396 e. The molecule has 0 saturated carbocycles. The number of hydrogen-bond acceptors (Lipinski definition) is 4. The van der Waals surface area contributed by atoms with Crippen molar-refractivity contribution in [1.82, 2.24) is 4.31 Å². The van der Waals surface area contributed by atoms with Crippen LogP contribution < -0.4 is 5.73 Å². The molecule has 0 aliphatic carbocycles. The predicted octanol–water partition coefficient (Wildman–Crippen LogP) is 1.72. The molecule has 0 radical (unpaired) electrons. The Morgan fingerprint density at radius 2 is 2.00 bits per heavy atom. The number of nitrogen functional groups attached to an aromatic ring is 1. The van der Waals surface area contributed by atoms with Gasteiger partial charge in [0.15, 0.2) is 0 Å². The second kappa shape index (κ2) is 4.79.